The predicted octanol–water partition coefficient (Wildman–Crippen LogP) is 1.26. The van der Waals surface area contributed by atoms with E-state index < -0.39 is 0 Å². The highest BCUT2D eigenvalue weighted by molar-refractivity contribution is 5.92. The first-order valence-corrected chi connectivity index (χ1v) is 5.25. The highest BCUT2D eigenvalue weighted by atomic mass is 16.5. The molecule has 0 spiro atoms. The molecule has 1 N–H and O–H groups in total. The Morgan fingerprint density at radius 2 is 2.13 bits per heavy atom. The van der Waals surface area contributed by atoms with Crippen molar-refractivity contribution in [2.24, 2.45) is 0 Å². The maximum Gasteiger partial charge on any atom is 0.270 e. The molecule has 4 nitrogen and oxygen atoms in total. The van der Waals surface area contributed by atoms with Gasteiger partial charge in [-0.15, -0.1) is 0 Å². The van der Waals surface area contributed by atoms with Crippen LogP contribution in [0.2, 0.25) is 0 Å². The molecule has 2 rings (SSSR count). The van der Waals surface area contributed by atoms with Gasteiger partial charge in [-0.2, -0.15) is 0 Å². The lowest BCUT2D eigenvalue weighted by Crippen LogP contribution is -2.48. The van der Waals surface area contributed by atoms with Crippen molar-refractivity contribution in [2.45, 2.75) is 26.1 Å². The molecular weight excluding hydrogens is 192 g/mol. The molecule has 0 radical (unpaired) electrons. The average molecular weight is 208 g/mol. The molecule has 1 aromatic rings. The monoisotopic (exact) mass is 208 g/mol. The third-order valence-corrected chi connectivity index (χ3v) is 2.54. The molecule has 0 saturated carbocycles. The summed E-state index contributed by atoms with van der Waals surface area (Å²) >= 11 is 0. The molecular formula is C11H16N2O2. The minimum atomic E-state index is 0.0574. The highest BCUT2D eigenvalue weighted by Gasteiger charge is 2.26. The summed E-state index contributed by atoms with van der Waals surface area (Å²) < 4.78 is 5.58. The largest absolute Gasteiger partial charge is 0.372 e. The van der Waals surface area contributed by atoms with Crippen LogP contribution in [0.1, 0.15) is 24.3 Å². The number of nitrogens with one attached hydrogen (secondary N) is 1. The fourth-order valence-electron chi connectivity index (χ4n) is 1.98. The van der Waals surface area contributed by atoms with Gasteiger partial charge in [0.2, 0.25) is 0 Å². The minimum absolute atomic E-state index is 0.0574. The minimum Gasteiger partial charge on any atom is -0.372 e. The fraction of sp³-hybridized carbons (Fsp3) is 0.545. The molecule has 4 heteroatoms. The summed E-state index contributed by atoms with van der Waals surface area (Å²) in [5.41, 5.74) is 0.649. The molecule has 2 unspecified atom stereocenters. The third kappa shape index (κ3) is 2.21. The van der Waals surface area contributed by atoms with Crippen molar-refractivity contribution in [1.29, 1.82) is 0 Å². The number of carbonyl (C=O) groups excluding carboxylic acids is 1. The van der Waals surface area contributed by atoms with Crippen molar-refractivity contribution in [3.05, 3.63) is 24.0 Å². The summed E-state index contributed by atoms with van der Waals surface area (Å²) in [6, 6.07) is 3.63. The van der Waals surface area contributed by atoms with E-state index in [1.165, 1.54) is 0 Å². The van der Waals surface area contributed by atoms with Crippen molar-refractivity contribution in [3.63, 3.8) is 0 Å². The number of ether oxygens (including phenoxy) is 1. The van der Waals surface area contributed by atoms with Gasteiger partial charge in [0.05, 0.1) is 12.2 Å². The van der Waals surface area contributed by atoms with E-state index in [1.54, 1.807) is 12.3 Å². The van der Waals surface area contributed by atoms with Gasteiger partial charge in [0.25, 0.3) is 5.91 Å². The van der Waals surface area contributed by atoms with Crippen molar-refractivity contribution in [2.75, 3.05) is 13.1 Å². The van der Waals surface area contributed by atoms with Crippen LogP contribution in [-0.4, -0.2) is 41.1 Å². The Morgan fingerprint density at radius 1 is 1.47 bits per heavy atom. The van der Waals surface area contributed by atoms with Gasteiger partial charge >= 0.3 is 0 Å². The van der Waals surface area contributed by atoms with E-state index in [1.807, 2.05) is 24.8 Å². The van der Waals surface area contributed by atoms with Gasteiger partial charge in [-0.05, 0) is 26.0 Å². The second-order valence-electron chi connectivity index (χ2n) is 4.05. The number of aromatic nitrogens is 1. The zero-order valence-electron chi connectivity index (χ0n) is 9.06. The van der Waals surface area contributed by atoms with Crippen LogP contribution >= 0.6 is 0 Å². The van der Waals surface area contributed by atoms with Crippen LogP contribution in [0.25, 0.3) is 0 Å². The summed E-state index contributed by atoms with van der Waals surface area (Å²) in [5, 5.41) is 0. The van der Waals surface area contributed by atoms with Crippen LogP contribution in [0.5, 0.6) is 0 Å². The van der Waals surface area contributed by atoms with E-state index in [2.05, 4.69) is 4.98 Å². The van der Waals surface area contributed by atoms with Crippen molar-refractivity contribution in [3.8, 4) is 0 Å². The van der Waals surface area contributed by atoms with Gasteiger partial charge < -0.3 is 14.6 Å². The molecule has 0 bridgehead atoms. The van der Waals surface area contributed by atoms with E-state index >= 15 is 0 Å². The first-order chi connectivity index (χ1) is 7.16. The summed E-state index contributed by atoms with van der Waals surface area (Å²) in [7, 11) is 0. The van der Waals surface area contributed by atoms with Crippen LogP contribution in [0.4, 0.5) is 0 Å². The SMILES string of the molecule is CC1CN(C(=O)c2ccc[nH]2)CC(C)O1. The van der Waals surface area contributed by atoms with Gasteiger partial charge in [0.15, 0.2) is 0 Å². The molecule has 2 heterocycles. The molecule has 0 aliphatic carbocycles. The third-order valence-electron chi connectivity index (χ3n) is 2.54. The lowest BCUT2D eigenvalue weighted by Gasteiger charge is -2.35. The van der Waals surface area contributed by atoms with Crippen LogP contribution in [0.15, 0.2) is 18.3 Å². The quantitative estimate of drug-likeness (QED) is 0.755. The maximum absolute atomic E-state index is 12.0. The first kappa shape index (κ1) is 10.2. The van der Waals surface area contributed by atoms with Gasteiger partial charge in [-0.1, -0.05) is 0 Å². The Balaban J connectivity index is 2.07. The molecule has 1 aliphatic rings. The van der Waals surface area contributed by atoms with Crippen LogP contribution < -0.4 is 0 Å². The molecule has 1 aliphatic heterocycles. The molecule has 2 atom stereocenters. The standard InChI is InChI=1S/C11H16N2O2/c1-8-6-13(7-9(2)15-8)11(14)10-4-3-5-12-10/h3-5,8-9,12H,6-7H2,1-2H3. The number of aromatic amines is 1. The molecule has 82 valence electrons. The van der Waals surface area contributed by atoms with Crippen LogP contribution in [0, 0.1) is 0 Å². The Labute approximate surface area is 89.2 Å². The number of amides is 1. The summed E-state index contributed by atoms with van der Waals surface area (Å²) in [4.78, 5) is 16.8. The number of morpholine rings is 1. The molecule has 15 heavy (non-hydrogen) atoms. The molecule has 1 saturated heterocycles. The number of rotatable bonds is 1. The maximum atomic E-state index is 12.0. The summed E-state index contributed by atoms with van der Waals surface area (Å²) in [6.45, 7) is 5.32. The Hall–Kier alpha value is -1.29. The van der Waals surface area contributed by atoms with Crippen LogP contribution in [-0.2, 0) is 4.74 Å². The van der Waals surface area contributed by atoms with E-state index in [0.29, 0.717) is 18.8 Å². The van der Waals surface area contributed by atoms with Gasteiger partial charge in [-0.3, -0.25) is 4.79 Å². The topological polar surface area (TPSA) is 45.3 Å². The normalized spacial score (nSPS) is 26.7. The van der Waals surface area contributed by atoms with E-state index in [9.17, 15) is 4.79 Å². The number of nitrogens with zero attached hydrogens (tertiary/aromatic N) is 1. The highest BCUT2D eigenvalue weighted by Crippen LogP contribution is 2.13. The Morgan fingerprint density at radius 3 is 2.67 bits per heavy atom. The first-order valence-electron chi connectivity index (χ1n) is 5.25. The molecule has 1 aromatic heterocycles. The van der Waals surface area contributed by atoms with Gasteiger partial charge in [-0.25, -0.2) is 0 Å². The van der Waals surface area contributed by atoms with E-state index in [4.69, 9.17) is 4.74 Å². The lowest BCUT2D eigenvalue weighted by molar-refractivity contribution is -0.0587. The number of hydrogen-bond acceptors (Lipinski definition) is 2. The molecule has 0 aromatic carbocycles. The fourth-order valence-corrected chi connectivity index (χ4v) is 1.98. The zero-order chi connectivity index (χ0) is 10.8. The second-order valence-corrected chi connectivity index (χ2v) is 4.05. The van der Waals surface area contributed by atoms with Crippen molar-refractivity contribution in [1.82, 2.24) is 9.88 Å². The summed E-state index contributed by atoms with van der Waals surface area (Å²) in [6.07, 6.45) is 2.00. The average Bonchev–Trinajstić information content (AvgIpc) is 2.67. The predicted molar refractivity (Wildman–Crippen MR) is 56.7 cm³/mol. The van der Waals surface area contributed by atoms with Crippen molar-refractivity contribution >= 4 is 5.91 Å². The zero-order valence-corrected chi connectivity index (χ0v) is 9.06. The smallest absolute Gasteiger partial charge is 0.270 e. The Bertz CT molecular complexity index is 324. The van der Waals surface area contributed by atoms with E-state index in [0.717, 1.165) is 0 Å². The van der Waals surface area contributed by atoms with Crippen molar-refractivity contribution < 1.29 is 9.53 Å². The molecule has 1 amide bonds. The van der Waals surface area contributed by atoms with Crippen LogP contribution in [0.3, 0.4) is 0 Å². The number of carbonyl (C=O) groups is 1. The number of hydrogen-bond donors (Lipinski definition) is 1. The van der Waals surface area contributed by atoms with E-state index in [-0.39, 0.29) is 18.1 Å². The number of H-pyrrole nitrogens is 1. The lowest BCUT2D eigenvalue weighted by atomic mass is 10.2. The molecule has 1 fully saturated rings. The Kier molecular flexibility index (Phi) is 2.77. The summed E-state index contributed by atoms with van der Waals surface area (Å²) in [5.74, 6) is 0.0574. The second kappa shape index (κ2) is 4.06. The van der Waals surface area contributed by atoms with Gasteiger partial charge in [0, 0.05) is 19.3 Å². The van der Waals surface area contributed by atoms with Gasteiger partial charge in [0.1, 0.15) is 5.69 Å².